The molecule has 5 aromatic rings. The van der Waals surface area contributed by atoms with E-state index in [4.69, 9.17) is 11.6 Å². The molecule has 0 unspecified atom stereocenters. The Morgan fingerprint density at radius 2 is 1.91 bits per heavy atom. The summed E-state index contributed by atoms with van der Waals surface area (Å²) in [6.45, 7) is 3.93. The molecule has 0 saturated carbocycles. The van der Waals surface area contributed by atoms with Gasteiger partial charge in [-0.3, -0.25) is 14.0 Å². The van der Waals surface area contributed by atoms with Gasteiger partial charge in [0.2, 0.25) is 11.7 Å². The predicted molar refractivity (Wildman–Crippen MR) is 134 cm³/mol. The molecule has 3 heterocycles. The van der Waals surface area contributed by atoms with Crippen LogP contribution in [0.15, 0.2) is 70.7 Å². The fraction of sp³-hybridized carbons (Fsp3) is 0.125. The molecular formula is C24H19ClN6O2S. The van der Waals surface area contributed by atoms with Crippen molar-refractivity contribution in [3.63, 3.8) is 0 Å². The van der Waals surface area contributed by atoms with E-state index < -0.39 is 0 Å². The summed E-state index contributed by atoms with van der Waals surface area (Å²) in [6, 6.07) is 16.6. The van der Waals surface area contributed by atoms with Crippen molar-refractivity contribution in [2.45, 2.75) is 19.0 Å². The third kappa shape index (κ3) is 3.93. The van der Waals surface area contributed by atoms with Crippen LogP contribution in [0.3, 0.4) is 0 Å². The van der Waals surface area contributed by atoms with Crippen molar-refractivity contribution in [1.29, 1.82) is 0 Å². The van der Waals surface area contributed by atoms with E-state index in [0.717, 1.165) is 16.8 Å². The largest absolute Gasteiger partial charge is 0.323 e. The second-order valence-corrected chi connectivity index (χ2v) is 9.04. The lowest BCUT2D eigenvalue weighted by Gasteiger charge is -2.14. The first-order valence-electron chi connectivity index (χ1n) is 10.4. The second-order valence-electron chi connectivity index (χ2n) is 7.74. The van der Waals surface area contributed by atoms with Gasteiger partial charge in [-0.05, 0) is 55.3 Å². The van der Waals surface area contributed by atoms with Crippen LogP contribution in [0, 0.1) is 13.8 Å². The highest BCUT2D eigenvalue weighted by Crippen LogP contribution is 2.25. The number of hydrogen-bond donors (Lipinski definition) is 1. The molecule has 0 atom stereocenters. The minimum Gasteiger partial charge on any atom is -0.323 e. The molecule has 0 bridgehead atoms. The molecule has 0 fully saturated rings. The Morgan fingerprint density at radius 1 is 1.09 bits per heavy atom. The zero-order valence-electron chi connectivity index (χ0n) is 18.3. The van der Waals surface area contributed by atoms with Gasteiger partial charge in [-0.1, -0.05) is 47.6 Å². The predicted octanol–water partition coefficient (Wildman–Crippen LogP) is 4.43. The molecule has 0 aliphatic carbocycles. The lowest BCUT2D eigenvalue weighted by molar-refractivity contribution is -0.113. The van der Waals surface area contributed by atoms with Crippen molar-refractivity contribution in [3.8, 4) is 5.69 Å². The number of rotatable bonds is 5. The van der Waals surface area contributed by atoms with Crippen LogP contribution in [-0.4, -0.2) is 35.8 Å². The van der Waals surface area contributed by atoms with Gasteiger partial charge in [-0.25, -0.2) is 9.55 Å². The Bertz CT molecular complexity index is 1630. The lowest BCUT2D eigenvalue weighted by Crippen LogP contribution is -2.22. The molecule has 0 spiro atoms. The second kappa shape index (κ2) is 8.92. The van der Waals surface area contributed by atoms with Gasteiger partial charge in [-0.15, -0.1) is 10.2 Å². The zero-order valence-corrected chi connectivity index (χ0v) is 19.9. The molecular weight excluding hydrogens is 472 g/mol. The molecule has 0 saturated heterocycles. The number of anilines is 1. The molecule has 170 valence electrons. The number of pyridine rings is 1. The van der Waals surface area contributed by atoms with Crippen molar-refractivity contribution in [2.75, 3.05) is 11.1 Å². The van der Waals surface area contributed by atoms with Crippen LogP contribution >= 0.6 is 23.4 Å². The number of para-hydroxylation sites is 1. The van der Waals surface area contributed by atoms with Gasteiger partial charge in [0.05, 0.1) is 28.0 Å². The highest BCUT2D eigenvalue weighted by Gasteiger charge is 2.19. The fourth-order valence-electron chi connectivity index (χ4n) is 3.75. The first kappa shape index (κ1) is 22.1. The molecule has 5 rings (SSSR count). The molecule has 1 amide bonds. The van der Waals surface area contributed by atoms with Gasteiger partial charge < -0.3 is 5.32 Å². The summed E-state index contributed by atoms with van der Waals surface area (Å²) >= 11 is 7.25. The number of carbonyl (C=O) groups is 1. The van der Waals surface area contributed by atoms with Gasteiger partial charge in [0.15, 0.2) is 10.3 Å². The number of nitrogens with zero attached hydrogens (tertiary/aromatic N) is 5. The number of thioether (sulfide) groups is 1. The first-order valence-corrected chi connectivity index (χ1v) is 11.8. The number of amides is 1. The van der Waals surface area contributed by atoms with Gasteiger partial charge >= 0.3 is 0 Å². The molecule has 34 heavy (non-hydrogen) atoms. The Balaban J connectivity index is 1.59. The topological polar surface area (TPSA) is 94.2 Å². The SMILES string of the molecule is Cc1ccc(C)c(-n2c(=O)c3ccccc3n3c(SCC(=O)Nc4cccnc4Cl)nnc23)c1. The molecule has 10 heteroatoms. The fourth-order valence-corrected chi connectivity index (χ4v) is 4.65. The summed E-state index contributed by atoms with van der Waals surface area (Å²) in [5.74, 6) is 0.197. The normalized spacial score (nSPS) is 11.3. The molecule has 8 nitrogen and oxygen atoms in total. The van der Waals surface area contributed by atoms with E-state index in [-0.39, 0.29) is 22.4 Å². The number of fused-ring (bicyclic) bond motifs is 3. The number of aryl methyl sites for hydroxylation is 2. The summed E-state index contributed by atoms with van der Waals surface area (Å²) in [5.41, 5.74) is 3.65. The maximum absolute atomic E-state index is 13.5. The Hall–Kier alpha value is -3.69. The number of carbonyl (C=O) groups excluding carboxylic acids is 1. The van der Waals surface area contributed by atoms with E-state index >= 15 is 0 Å². The Kier molecular flexibility index (Phi) is 5.80. The smallest absolute Gasteiger partial charge is 0.267 e. The van der Waals surface area contributed by atoms with Gasteiger partial charge in [0, 0.05) is 6.20 Å². The summed E-state index contributed by atoms with van der Waals surface area (Å²) < 4.78 is 3.39. The summed E-state index contributed by atoms with van der Waals surface area (Å²) in [7, 11) is 0. The highest BCUT2D eigenvalue weighted by atomic mass is 35.5. The summed E-state index contributed by atoms with van der Waals surface area (Å²) in [4.78, 5) is 30.0. The van der Waals surface area contributed by atoms with Crippen LogP contribution in [0.5, 0.6) is 0 Å². The minimum atomic E-state index is -0.260. The minimum absolute atomic E-state index is 0.0724. The van der Waals surface area contributed by atoms with E-state index in [2.05, 4.69) is 20.5 Å². The Labute approximate surface area is 203 Å². The van der Waals surface area contributed by atoms with E-state index in [1.165, 1.54) is 11.8 Å². The van der Waals surface area contributed by atoms with Crippen molar-refractivity contribution in [1.82, 2.24) is 24.1 Å². The van der Waals surface area contributed by atoms with E-state index in [9.17, 15) is 9.59 Å². The van der Waals surface area contributed by atoms with Crippen LogP contribution in [-0.2, 0) is 4.79 Å². The maximum atomic E-state index is 13.5. The first-order chi connectivity index (χ1) is 16.4. The van der Waals surface area contributed by atoms with Crippen molar-refractivity contribution < 1.29 is 4.79 Å². The summed E-state index contributed by atoms with van der Waals surface area (Å²) in [6.07, 6.45) is 1.55. The van der Waals surface area contributed by atoms with Crippen LogP contribution in [0.4, 0.5) is 5.69 Å². The molecule has 0 aliphatic rings. The average molecular weight is 491 g/mol. The lowest BCUT2D eigenvalue weighted by atomic mass is 10.1. The Morgan fingerprint density at radius 3 is 2.74 bits per heavy atom. The quantitative estimate of drug-likeness (QED) is 0.289. The number of benzene rings is 2. The monoisotopic (exact) mass is 490 g/mol. The molecule has 3 aromatic heterocycles. The van der Waals surface area contributed by atoms with Gasteiger partial charge in [0.25, 0.3) is 5.56 Å². The van der Waals surface area contributed by atoms with Crippen LogP contribution in [0.1, 0.15) is 11.1 Å². The number of hydrogen-bond acceptors (Lipinski definition) is 6. The van der Waals surface area contributed by atoms with E-state index in [1.54, 1.807) is 29.0 Å². The zero-order chi connectivity index (χ0) is 23.8. The standard InChI is InChI=1S/C24H19ClN6O2S/c1-14-9-10-15(2)19(12-14)30-22(33)16-6-3-4-8-18(16)31-23(30)28-29-24(31)34-13-20(32)27-17-7-5-11-26-21(17)25/h3-12H,13H2,1-2H3,(H,27,32). The van der Waals surface area contributed by atoms with Crippen molar-refractivity contribution >= 4 is 51.6 Å². The molecule has 2 aromatic carbocycles. The highest BCUT2D eigenvalue weighted by molar-refractivity contribution is 7.99. The van der Waals surface area contributed by atoms with Gasteiger partial charge in [-0.2, -0.15) is 0 Å². The maximum Gasteiger partial charge on any atom is 0.267 e. The number of nitrogens with one attached hydrogen (secondary N) is 1. The van der Waals surface area contributed by atoms with Crippen LogP contribution in [0.2, 0.25) is 5.15 Å². The third-order valence-electron chi connectivity index (χ3n) is 5.37. The summed E-state index contributed by atoms with van der Waals surface area (Å²) in [5, 5.41) is 12.7. The molecule has 0 aliphatic heterocycles. The van der Waals surface area contributed by atoms with E-state index in [1.807, 2.05) is 54.6 Å². The molecule has 0 radical (unpaired) electrons. The third-order valence-corrected chi connectivity index (χ3v) is 6.60. The van der Waals surface area contributed by atoms with Crippen molar-refractivity contribution in [3.05, 3.63) is 87.4 Å². The van der Waals surface area contributed by atoms with Crippen LogP contribution in [0.25, 0.3) is 22.4 Å². The van der Waals surface area contributed by atoms with Gasteiger partial charge in [0.1, 0.15) is 0 Å². The van der Waals surface area contributed by atoms with E-state index in [0.29, 0.717) is 27.5 Å². The number of aromatic nitrogens is 5. The van der Waals surface area contributed by atoms with Crippen molar-refractivity contribution in [2.24, 2.45) is 0 Å². The average Bonchev–Trinajstić information content (AvgIpc) is 3.25. The molecule has 1 N–H and O–H groups in total. The van der Waals surface area contributed by atoms with Crippen LogP contribution < -0.4 is 10.9 Å². The number of halogens is 1.